The van der Waals surface area contributed by atoms with Crippen LogP contribution in [0.4, 0.5) is 11.6 Å². The van der Waals surface area contributed by atoms with Crippen molar-refractivity contribution >= 4 is 11.6 Å². The van der Waals surface area contributed by atoms with E-state index in [9.17, 15) is 10.1 Å². The highest BCUT2D eigenvalue weighted by Crippen LogP contribution is 2.25. The van der Waals surface area contributed by atoms with Gasteiger partial charge in [0.2, 0.25) is 0 Å². The Kier molecular flexibility index (Phi) is 2.32. The SMILES string of the molecule is Cc1[nH]c(N)nc1-c1cccc([N+](=O)[O-])c1. The lowest BCUT2D eigenvalue weighted by molar-refractivity contribution is -0.384. The molecule has 0 saturated carbocycles. The molecule has 0 saturated heterocycles. The lowest BCUT2D eigenvalue weighted by atomic mass is 10.1. The van der Waals surface area contributed by atoms with Gasteiger partial charge in [-0.25, -0.2) is 4.98 Å². The predicted octanol–water partition coefficient (Wildman–Crippen LogP) is 1.88. The van der Waals surface area contributed by atoms with E-state index in [2.05, 4.69) is 9.97 Å². The van der Waals surface area contributed by atoms with E-state index in [1.54, 1.807) is 12.1 Å². The van der Waals surface area contributed by atoms with E-state index < -0.39 is 4.92 Å². The summed E-state index contributed by atoms with van der Waals surface area (Å²) in [4.78, 5) is 17.1. The number of nitrogens with one attached hydrogen (secondary N) is 1. The lowest BCUT2D eigenvalue weighted by Crippen LogP contribution is -1.89. The van der Waals surface area contributed by atoms with Crippen molar-refractivity contribution < 1.29 is 4.92 Å². The molecule has 16 heavy (non-hydrogen) atoms. The summed E-state index contributed by atoms with van der Waals surface area (Å²) < 4.78 is 0. The normalized spacial score (nSPS) is 10.3. The first-order valence-corrected chi connectivity index (χ1v) is 4.65. The largest absolute Gasteiger partial charge is 0.369 e. The van der Waals surface area contributed by atoms with Gasteiger partial charge in [-0.05, 0) is 6.92 Å². The number of aromatic amines is 1. The van der Waals surface area contributed by atoms with Crippen LogP contribution in [0.15, 0.2) is 24.3 Å². The highest BCUT2D eigenvalue weighted by atomic mass is 16.6. The van der Waals surface area contributed by atoms with Gasteiger partial charge in [-0.1, -0.05) is 12.1 Å². The van der Waals surface area contributed by atoms with Gasteiger partial charge in [-0.2, -0.15) is 0 Å². The molecule has 82 valence electrons. The smallest absolute Gasteiger partial charge is 0.270 e. The second-order valence-electron chi connectivity index (χ2n) is 3.40. The molecule has 0 aliphatic rings. The van der Waals surface area contributed by atoms with Gasteiger partial charge in [-0.15, -0.1) is 0 Å². The number of nitrogens with two attached hydrogens (primary N) is 1. The summed E-state index contributed by atoms with van der Waals surface area (Å²) in [6.07, 6.45) is 0. The summed E-state index contributed by atoms with van der Waals surface area (Å²) in [5, 5.41) is 10.6. The van der Waals surface area contributed by atoms with E-state index in [1.165, 1.54) is 12.1 Å². The van der Waals surface area contributed by atoms with Crippen LogP contribution in [0.1, 0.15) is 5.69 Å². The number of nitro groups is 1. The van der Waals surface area contributed by atoms with Crippen LogP contribution in [0, 0.1) is 17.0 Å². The third kappa shape index (κ3) is 1.72. The first-order chi connectivity index (χ1) is 7.58. The standard InChI is InChI=1S/C10H10N4O2/c1-6-9(13-10(11)12-6)7-3-2-4-8(5-7)14(15)16/h2-5H,1H3,(H3,11,12,13). The van der Waals surface area contributed by atoms with Crippen molar-refractivity contribution in [3.8, 4) is 11.3 Å². The zero-order valence-electron chi connectivity index (χ0n) is 8.60. The van der Waals surface area contributed by atoms with Crippen molar-refractivity contribution in [2.75, 3.05) is 5.73 Å². The summed E-state index contributed by atoms with van der Waals surface area (Å²) in [6, 6.07) is 6.30. The molecular weight excluding hydrogens is 208 g/mol. The number of aromatic nitrogens is 2. The highest BCUT2D eigenvalue weighted by molar-refractivity contribution is 5.66. The molecule has 0 bridgehead atoms. The van der Waals surface area contributed by atoms with Crippen molar-refractivity contribution in [3.63, 3.8) is 0 Å². The Morgan fingerprint density at radius 1 is 1.50 bits per heavy atom. The molecule has 2 rings (SSSR count). The minimum absolute atomic E-state index is 0.0403. The van der Waals surface area contributed by atoms with Gasteiger partial charge in [-0.3, -0.25) is 10.1 Å². The quantitative estimate of drug-likeness (QED) is 0.593. The molecule has 0 unspecified atom stereocenters. The van der Waals surface area contributed by atoms with Crippen molar-refractivity contribution in [2.45, 2.75) is 6.92 Å². The monoisotopic (exact) mass is 218 g/mol. The van der Waals surface area contributed by atoms with E-state index >= 15 is 0 Å². The summed E-state index contributed by atoms with van der Waals surface area (Å²) in [7, 11) is 0. The molecule has 1 heterocycles. The van der Waals surface area contributed by atoms with Gasteiger partial charge in [0.05, 0.1) is 10.6 Å². The molecule has 3 N–H and O–H groups in total. The molecule has 0 fully saturated rings. The van der Waals surface area contributed by atoms with Crippen LogP contribution in [0.5, 0.6) is 0 Å². The first kappa shape index (κ1) is 10.2. The number of nitrogens with zero attached hydrogens (tertiary/aromatic N) is 2. The summed E-state index contributed by atoms with van der Waals surface area (Å²) in [6.45, 7) is 1.82. The number of hydrogen-bond acceptors (Lipinski definition) is 4. The van der Waals surface area contributed by atoms with Crippen molar-refractivity contribution in [1.29, 1.82) is 0 Å². The molecule has 6 nitrogen and oxygen atoms in total. The molecule has 0 aliphatic carbocycles. The van der Waals surface area contributed by atoms with Crippen LogP contribution >= 0.6 is 0 Å². The molecule has 0 spiro atoms. The van der Waals surface area contributed by atoms with Gasteiger partial charge in [0.25, 0.3) is 5.69 Å². The third-order valence-corrected chi connectivity index (χ3v) is 2.23. The Morgan fingerprint density at radius 3 is 2.81 bits per heavy atom. The van der Waals surface area contributed by atoms with Gasteiger partial charge in [0, 0.05) is 23.4 Å². The molecule has 6 heteroatoms. The summed E-state index contributed by atoms with van der Waals surface area (Å²) >= 11 is 0. The van der Waals surface area contributed by atoms with Crippen LogP contribution in [-0.4, -0.2) is 14.9 Å². The second-order valence-corrected chi connectivity index (χ2v) is 3.40. The van der Waals surface area contributed by atoms with Gasteiger partial charge >= 0.3 is 0 Å². The van der Waals surface area contributed by atoms with Crippen LogP contribution < -0.4 is 5.73 Å². The van der Waals surface area contributed by atoms with Crippen LogP contribution in [0.25, 0.3) is 11.3 Å². The second kappa shape index (κ2) is 3.65. The Hall–Kier alpha value is -2.37. The number of imidazole rings is 1. The Morgan fingerprint density at radius 2 is 2.25 bits per heavy atom. The maximum Gasteiger partial charge on any atom is 0.270 e. The van der Waals surface area contributed by atoms with E-state index in [4.69, 9.17) is 5.73 Å². The number of benzene rings is 1. The van der Waals surface area contributed by atoms with Gasteiger partial charge in [0.15, 0.2) is 5.95 Å². The fraction of sp³-hybridized carbons (Fsp3) is 0.100. The zero-order valence-corrected chi connectivity index (χ0v) is 8.60. The van der Waals surface area contributed by atoms with E-state index in [1.807, 2.05) is 6.92 Å². The Balaban J connectivity index is 2.52. The first-order valence-electron chi connectivity index (χ1n) is 4.65. The Bertz CT molecular complexity index is 548. The lowest BCUT2D eigenvalue weighted by Gasteiger charge is -1.98. The molecule has 0 radical (unpaired) electrons. The maximum absolute atomic E-state index is 10.6. The minimum Gasteiger partial charge on any atom is -0.369 e. The molecule has 2 aromatic rings. The highest BCUT2D eigenvalue weighted by Gasteiger charge is 2.11. The number of anilines is 1. The molecule has 1 aromatic carbocycles. The van der Waals surface area contributed by atoms with Crippen LogP contribution in [0.3, 0.4) is 0 Å². The number of aryl methyl sites for hydroxylation is 1. The predicted molar refractivity (Wildman–Crippen MR) is 59.8 cm³/mol. The van der Waals surface area contributed by atoms with Crippen LogP contribution in [-0.2, 0) is 0 Å². The number of rotatable bonds is 2. The van der Waals surface area contributed by atoms with Crippen molar-refractivity contribution in [3.05, 3.63) is 40.1 Å². The number of hydrogen-bond donors (Lipinski definition) is 2. The molecule has 0 atom stereocenters. The molecule has 0 amide bonds. The number of nitro benzene ring substituents is 1. The van der Waals surface area contributed by atoms with Gasteiger partial charge in [0.1, 0.15) is 0 Å². The zero-order chi connectivity index (χ0) is 11.7. The number of non-ortho nitro benzene ring substituents is 1. The Labute approximate surface area is 91.3 Å². The van der Waals surface area contributed by atoms with E-state index in [-0.39, 0.29) is 5.69 Å². The van der Waals surface area contributed by atoms with E-state index in [0.717, 1.165) is 5.69 Å². The summed E-state index contributed by atoms with van der Waals surface area (Å²) in [5.74, 6) is 0.305. The summed E-state index contributed by atoms with van der Waals surface area (Å²) in [5.41, 5.74) is 7.66. The molecule has 0 aliphatic heterocycles. The maximum atomic E-state index is 10.6. The minimum atomic E-state index is -0.436. The topological polar surface area (TPSA) is 97.8 Å². The molecule has 1 aromatic heterocycles. The van der Waals surface area contributed by atoms with Crippen LogP contribution in [0.2, 0.25) is 0 Å². The third-order valence-electron chi connectivity index (χ3n) is 2.23. The van der Waals surface area contributed by atoms with Crippen molar-refractivity contribution in [2.24, 2.45) is 0 Å². The average molecular weight is 218 g/mol. The van der Waals surface area contributed by atoms with E-state index in [0.29, 0.717) is 17.2 Å². The fourth-order valence-corrected chi connectivity index (χ4v) is 1.53. The molecular formula is C10H10N4O2. The number of nitrogen functional groups attached to an aromatic ring is 1. The fourth-order valence-electron chi connectivity index (χ4n) is 1.53. The van der Waals surface area contributed by atoms with Gasteiger partial charge < -0.3 is 10.7 Å². The average Bonchev–Trinajstić information content (AvgIpc) is 2.58. The van der Waals surface area contributed by atoms with Crippen molar-refractivity contribution in [1.82, 2.24) is 9.97 Å². The number of H-pyrrole nitrogens is 1.